The molecule has 0 aliphatic heterocycles. The molecule has 0 heterocycles. The largest absolute Gasteiger partial charge is 0.482 e. The summed E-state index contributed by atoms with van der Waals surface area (Å²) in [6, 6.07) is 8.29. The van der Waals surface area contributed by atoms with Crippen LogP contribution < -0.4 is 10.1 Å². The maximum atomic E-state index is 11.0. The standard InChI is InChI=1S/C17H25NO3/c1-12-4-9-16(13(2)10-12)18-14-5-7-15(8-6-14)21-11-17(19)20-3/h5-8,12-13,16,18H,4,9-11H2,1-3H3. The van der Waals surface area contributed by atoms with Gasteiger partial charge in [-0.05, 0) is 55.4 Å². The number of esters is 1. The molecular formula is C17H25NO3. The molecule has 1 aliphatic carbocycles. The van der Waals surface area contributed by atoms with Crippen LogP contribution in [0.5, 0.6) is 5.75 Å². The summed E-state index contributed by atoms with van der Waals surface area (Å²) in [7, 11) is 1.35. The lowest BCUT2D eigenvalue weighted by Gasteiger charge is -2.33. The van der Waals surface area contributed by atoms with Gasteiger partial charge in [-0.15, -0.1) is 0 Å². The van der Waals surface area contributed by atoms with Crippen LogP contribution in [-0.2, 0) is 9.53 Å². The summed E-state index contributed by atoms with van der Waals surface area (Å²) in [5, 5.41) is 3.61. The van der Waals surface area contributed by atoms with Crippen molar-refractivity contribution in [1.29, 1.82) is 0 Å². The van der Waals surface area contributed by atoms with Gasteiger partial charge in [-0.1, -0.05) is 13.8 Å². The van der Waals surface area contributed by atoms with Crippen molar-refractivity contribution in [2.24, 2.45) is 11.8 Å². The Hall–Kier alpha value is -1.71. The van der Waals surface area contributed by atoms with E-state index in [1.807, 2.05) is 24.3 Å². The summed E-state index contributed by atoms with van der Waals surface area (Å²) in [6.07, 6.45) is 3.81. The highest BCUT2D eigenvalue weighted by molar-refractivity contribution is 5.70. The molecule has 0 aromatic heterocycles. The Morgan fingerprint density at radius 1 is 1.24 bits per heavy atom. The number of rotatable bonds is 5. The van der Waals surface area contributed by atoms with Crippen molar-refractivity contribution in [2.45, 2.75) is 39.2 Å². The van der Waals surface area contributed by atoms with Crippen LogP contribution in [0.4, 0.5) is 5.69 Å². The first-order chi connectivity index (χ1) is 10.1. The van der Waals surface area contributed by atoms with Crippen LogP contribution in [0.15, 0.2) is 24.3 Å². The van der Waals surface area contributed by atoms with E-state index in [1.165, 1.54) is 26.4 Å². The van der Waals surface area contributed by atoms with Gasteiger partial charge in [0.1, 0.15) is 5.75 Å². The van der Waals surface area contributed by atoms with Crippen LogP contribution in [0.2, 0.25) is 0 Å². The van der Waals surface area contributed by atoms with E-state index in [0.29, 0.717) is 17.7 Å². The maximum absolute atomic E-state index is 11.0. The monoisotopic (exact) mass is 291 g/mol. The Bertz CT molecular complexity index is 458. The molecule has 0 bridgehead atoms. The Labute approximate surface area is 126 Å². The van der Waals surface area contributed by atoms with Crippen molar-refractivity contribution in [3.8, 4) is 5.75 Å². The van der Waals surface area contributed by atoms with Crippen molar-refractivity contribution in [3.63, 3.8) is 0 Å². The van der Waals surface area contributed by atoms with Crippen LogP contribution in [0.1, 0.15) is 33.1 Å². The minimum atomic E-state index is -0.373. The van der Waals surface area contributed by atoms with Gasteiger partial charge in [0, 0.05) is 11.7 Å². The number of hydrogen-bond donors (Lipinski definition) is 1. The van der Waals surface area contributed by atoms with Crippen LogP contribution in [0, 0.1) is 11.8 Å². The molecule has 4 nitrogen and oxygen atoms in total. The summed E-state index contributed by atoms with van der Waals surface area (Å²) >= 11 is 0. The molecule has 2 rings (SSSR count). The normalized spacial score (nSPS) is 25.2. The second kappa shape index (κ2) is 7.34. The van der Waals surface area contributed by atoms with Gasteiger partial charge in [0.2, 0.25) is 0 Å². The average molecular weight is 291 g/mol. The Morgan fingerprint density at radius 2 is 1.95 bits per heavy atom. The van der Waals surface area contributed by atoms with Gasteiger partial charge in [0.25, 0.3) is 0 Å². The third-order valence-electron chi connectivity index (χ3n) is 4.22. The predicted molar refractivity (Wildman–Crippen MR) is 83.5 cm³/mol. The first kappa shape index (κ1) is 15.7. The first-order valence-corrected chi connectivity index (χ1v) is 7.64. The molecule has 21 heavy (non-hydrogen) atoms. The predicted octanol–water partition coefficient (Wildman–Crippen LogP) is 3.48. The minimum absolute atomic E-state index is 0.0547. The van der Waals surface area contributed by atoms with Gasteiger partial charge in [-0.2, -0.15) is 0 Å². The number of anilines is 1. The Balaban J connectivity index is 1.86. The van der Waals surface area contributed by atoms with E-state index in [-0.39, 0.29) is 12.6 Å². The third kappa shape index (κ3) is 4.66. The molecule has 4 heteroatoms. The zero-order valence-corrected chi connectivity index (χ0v) is 13.1. The fraction of sp³-hybridized carbons (Fsp3) is 0.588. The summed E-state index contributed by atoms with van der Waals surface area (Å²) < 4.78 is 9.88. The molecule has 1 saturated carbocycles. The second-order valence-corrected chi connectivity index (χ2v) is 6.04. The van der Waals surface area contributed by atoms with Crippen molar-refractivity contribution in [3.05, 3.63) is 24.3 Å². The molecule has 3 atom stereocenters. The second-order valence-electron chi connectivity index (χ2n) is 6.04. The lowest BCUT2D eigenvalue weighted by Crippen LogP contribution is -2.32. The number of methoxy groups -OCH3 is 1. The van der Waals surface area contributed by atoms with Gasteiger partial charge < -0.3 is 14.8 Å². The number of nitrogens with one attached hydrogen (secondary N) is 1. The molecule has 0 radical (unpaired) electrons. The van der Waals surface area contributed by atoms with E-state index in [0.717, 1.165) is 11.6 Å². The van der Waals surface area contributed by atoms with Crippen LogP contribution >= 0.6 is 0 Å². The van der Waals surface area contributed by atoms with Crippen LogP contribution in [-0.4, -0.2) is 25.7 Å². The van der Waals surface area contributed by atoms with Crippen LogP contribution in [0.25, 0.3) is 0 Å². The molecule has 1 aromatic rings. The highest BCUT2D eigenvalue weighted by Gasteiger charge is 2.24. The van der Waals surface area contributed by atoms with Crippen molar-refractivity contribution >= 4 is 11.7 Å². The quantitative estimate of drug-likeness (QED) is 0.844. The summed E-state index contributed by atoms with van der Waals surface area (Å²) in [6.45, 7) is 4.60. The smallest absolute Gasteiger partial charge is 0.343 e. The summed E-state index contributed by atoms with van der Waals surface area (Å²) in [5.41, 5.74) is 1.10. The molecule has 0 amide bonds. The molecule has 1 aromatic carbocycles. The van der Waals surface area contributed by atoms with Gasteiger partial charge in [0.05, 0.1) is 7.11 Å². The van der Waals surface area contributed by atoms with Gasteiger partial charge in [0.15, 0.2) is 6.61 Å². The number of carbonyl (C=O) groups is 1. The van der Waals surface area contributed by atoms with Crippen molar-refractivity contribution in [2.75, 3.05) is 19.0 Å². The lowest BCUT2D eigenvalue weighted by atomic mass is 9.80. The average Bonchev–Trinajstić information content (AvgIpc) is 2.49. The first-order valence-electron chi connectivity index (χ1n) is 7.64. The number of ether oxygens (including phenoxy) is 2. The highest BCUT2D eigenvalue weighted by atomic mass is 16.6. The molecule has 1 fully saturated rings. The highest BCUT2D eigenvalue weighted by Crippen LogP contribution is 2.31. The lowest BCUT2D eigenvalue weighted by molar-refractivity contribution is -0.142. The molecule has 0 saturated heterocycles. The van der Waals surface area contributed by atoms with Crippen molar-refractivity contribution < 1.29 is 14.3 Å². The topological polar surface area (TPSA) is 47.6 Å². The van der Waals surface area contributed by atoms with Crippen molar-refractivity contribution in [1.82, 2.24) is 0 Å². The zero-order chi connectivity index (χ0) is 15.2. The molecule has 1 aliphatic rings. The minimum Gasteiger partial charge on any atom is -0.482 e. The van der Waals surface area contributed by atoms with Gasteiger partial charge >= 0.3 is 5.97 Å². The fourth-order valence-electron chi connectivity index (χ4n) is 2.94. The van der Waals surface area contributed by atoms with E-state index in [4.69, 9.17) is 4.74 Å². The summed E-state index contributed by atoms with van der Waals surface area (Å²) in [5.74, 6) is 1.84. The van der Waals surface area contributed by atoms with Gasteiger partial charge in [-0.3, -0.25) is 0 Å². The SMILES string of the molecule is COC(=O)COc1ccc(NC2CCC(C)CC2C)cc1. The number of benzene rings is 1. The molecule has 1 N–H and O–H groups in total. The Kier molecular flexibility index (Phi) is 5.48. The van der Waals surface area contributed by atoms with E-state index in [2.05, 4.69) is 23.9 Å². The zero-order valence-electron chi connectivity index (χ0n) is 13.1. The molecular weight excluding hydrogens is 266 g/mol. The van der Waals surface area contributed by atoms with Crippen LogP contribution in [0.3, 0.4) is 0 Å². The van der Waals surface area contributed by atoms with E-state index in [9.17, 15) is 4.79 Å². The number of hydrogen-bond acceptors (Lipinski definition) is 4. The summed E-state index contributed by atoms with van der Waals surface area (Å²) in [4.78, 5) is 11.0. The maximum Gasteiger partial charge on any atom is 0.343 e. The molecule has 0 spiro atoms. The fourth-order valence-corrected chi connectivity index (χ4v) is 2.94. The van der Waals surface area contributed by atoms with E-state index < -0.39 is 0 Å². The van der Waals surface area contributed by atoms with E-state index >= 15 is 0 Å². The number of carbonyl (C=O) groups excluding carboxylic acids is 1. The molecule has 116 valence electrons. The van der Waals surface area contributed by atoms with E-state index in [1.54, 1.807) is 0 Å². The molecule has 3 unspecified atom stereocenters. The Morgan fingerprint density at radius 3 is 2.57 bits per heavy atom. The van der Waals surface area contributed by atoms with Gasteiger partial charge in [-0.25, -0.2) is 4.79 Å². The third-order valence-corrected chi connectivity index (χ3v) is 4.22.